The molecule has 0 spiro atoms. The molecule has 0 bridgehead atoms. The van der Waals surface area contributed by atoms with Crippen molar-refractivity contribution in [1.82, 2.24) is 15.3 Å². The molecule has 0 saturated heterocycles. The van der Waals surface area contributed by atoms with E-state index in [1.54, 1.807) is 19.2 Å². The topological polar surface area (TPSA) is 95.8 Å². The van der Waals surface area contributed by atoms with Crippen molar-refractivity contribution in [3.05, 3.63) is 18.2 Å². The van der Waals surface area contributed by atoms with E-state index < -0.39 is 0 Å². The molecule has 2 rings (SSSR count). The van der Waals surface area contributed by atoms with Crippen LogP contribution in [0, 0.1) is 0 Å². The monoisotopic (exact) mass is 219 g/mol. The van der Waals surface area contributed by atoms with E-state index in [0.717, 1.165) is 11.0 Å². The first-order valence-corrected chi connectivity index (χ1v) is 4.89. The van der Waals surface area contributed by atoms with Crippen LogP contribution in [0.4, 0.5) is 11.6 Å². The van der Waals surface area contributed by atoms with Gasteiger partial charge in [-0.2, -0.15) is 0 Å². The lowest BCUT2D eigenvalue weighted by Gasteiger charge is -1.99. The Balaban J connectivity index is 2.16. The van der Waals surface area contributed by atoms with Gasteiger partial charge in [-0.3, -0.25) is 4.79 Å². The van der Waals surface area contributed by atoms with Crippen molar-refractivity contribution in [2.45, 2.75) is 0 Å². The Labute approximate surface area is 92.2 Å². The van der Waals surface area contributed by atoms with E-state index >= 15 is 0 Å². The third-order valence-corrected chi connectivity index (χ3v) is 2.20. The summed E-state index contributed by atoms with van der Waals surface area (Å²) in [7, 11) is 1.59. The average Bonchev–Trinajstić information content (AvgIpc) is 2.67. The summed E-state index contributed by atoms with van der Waals surface area (Å²) < 4.78 is 0. The third-order valence-electron chi connectivity index (χ3n) is 2.20. The second-order valence-electron chi connectivity index (χ2n) is 3.39. The summed E-state index contributed by atoms with van der Waals surface area (Å²) in [5, 5.41) is 5.40. The number of imidazole rings is 1. The van der Waals surface area contributed by atoms with E-state index in [1.807, 2.05) is 6.07 Å². The lowest BCUT2D eigenvalue weighted by Crippen LogP contribution is -2.26. The summed E-state index contributed by atoms with van der Waals surface area (Å²) in [5.41, 5.74) is 7.98. The number of aromatic amines is 1. The van der Waals surface area contributed by atoms with Gasteiger partial charge in [-0.1, -0.05) is 0 Å². The van der Waals surface area contributed by atoms with Crippen molar-refractivity contribution in [2.24, 2.45) is 0 Å². The summed E-state index contributed by atoms with van der Waals surface area (Å²) >= 11 is 0. The van der Waals surface area contributed by atoms with Gasteiger partial charge < -0.3 is 21.4 Å². The third kappa shape index (κ3) is 2.05. The minimum atomic E-state index is -0.0972. The van der Waals surface area contributed by atoms with Gasteiger partial charge in [0.1, 0.15) is 0 Å². The Morgan fingerprint density at radius 3 is 3.12 bits per heavy atom. The van der Waals surface area contributed by atoms with E-state index in [9.17, 15) is 4.79 Å². The number of anilines is 2. The van der Waals surface area contributed by atoms with Gasteiger partial charge in [0.25, 0.3) is 0 Å². The SMILES string of the molecule is CNC(=O)CNc1nc2ccc(N)cc2[nH]1. The number of nitrogen functional groups attached to an aromatic ring is 1. The highest BCUT2D eigenvalue weighted by Crippen LogP contribution is 2.16. The van der Waals surface area contributed by atoms with E-state index in [4.69, 9.17) is 5.73 Å². The minimum Gasteiger partial charge on any atom is -0.399 e. The average molecular weight is 219 g/mol. The molecule has 0 radical (unpaired) electrons. The largest absolute Gasteiger partial charge is 0.399 e. The molecular weight excluding hydrogens is 206 g/mol. The number of nitrogens with one attached hydrogen (secondary N) is 3. The molecule has 1 heterocycles. The number of fused-ring (bicyclic) bond motifs is 1. The number of nitrogens with zero attached hydrogens (tertiary/aromatic N) is 1. The molecule has 5 N–H and O–H groups in total. The molecule has 1 amide bonds. The van der Waals surface area contributed by atoms with Crippen LogP contribution in [-0.4, -0.2) is 29.5 Å². The van der Waals surface area contributed by atoms with Crippen LogP contribution < -0.4 is 16.4 Å². The number of rotatable bonds is 3. The summed E-state index contributed by atoms with van der Waals surface area (Å²) in [5.74, 6) is 0.462. The van der Waals surface area contributed by atoms with Crippen molar-refractivity contribution >= 4 is 28.6 Å². The maximum atomic E-state index is 11.0. The van der Waals surface area contributed by atoms with Crippen LogP contribution in [0.25, 0.3) is 11.0 Å². The van der Waals surface area contributed by atoms with Gasteiger partial charge in [-0.15, -0.1) is 0 Å². The Bertz CT molecular complexity index is 519. The number of carbonyl (C=O) groups is 1. The van der Waals surface area contributed by atoms with Gasteiger partial charge in [0.15, 0.2) is 0 Å². The molecule has 2 aromatic rings. The normalized spacial score (nSPS) is 10.3. The van der Waals surface area contributed by atoms with Crippen LogP contribution in [0.3, 0.4) is 0 Å². The van der Waals surface area contributed by atoms with E-state index in [0.29, 0.717) is 11.6 Å². The smallest absolute Gasteiger partial charge is 0.239 e. The Morgan fingerprint density at radius 2 is 2.38 bits per heavy atom. The van der Waals surface area contributed by atoms with E-state index in [-0.39, 0.29) is 12.5 Å². The summed E-state index contributed by atoms with van der Waals surface area (Å²) in [6.45, 7) is 0.186. The van der Waals surface area contributed by atoms with Crippen LogP contribution in [0.15, 0.2) is 18.2 Å². The molecule has 84 valence electrons. The Morgan fingerprint density at radius 1 is 1.56 bits per heavy atom. The number of carbonyl (C=O) groups excluding carboxylic acids is 1. The molecule has 1 aromatic heterocycles. The van der Waals surface area contributed by atoms with Gasteiger partial charge in [-0.05, 0) is 18.2 Å². The highest BCUT2D eigenvalue weighted by molar-refractivity contribution is 5.83. The summed E-state index contributed by atoms with van der Waals surface area (Å²) in [6.07, 6.45) is 0. The molecule has 0 atom stereocenters. The molecule has 0 unspecified atom stereocenters. The second-order valence-corrected chi connectivity index (χ2v) is 3.39. The van der Waals surface area contributed by atoms with Crippen molar-refractivity contribution in [1.29, 1.82) is 0 Å². The molecule has 6 nitrogen and oxygen atoms in total. The van der Waals surface area contributed by atoms with Crippen LogP contribution in [0.2, 0.25) is 0 Å². The van der Waals surface area contributed by atoms with E-state index in [2.05, 4.69) is 20.6 Å². The first-order chi connectivity index (χ1) is 7.69. The predicted octanol–water partition coefficient (Wildman–Crippen LogP) is 0.303. The van der Waals surface area contributed by atoms with Crippen molar-refractivity contribution in [2.75, 3.05) is 24.6 Å². The fraction of sp³-hybridized carbons (Fsp3) is 0.200. The zero-order chi connectivity index (χ0) is 11.5. The number of aromatic nitrogens is 2. The second kappa shape index (κ2) is 4.09. The molecule has 0 saturated carbocycles. The number of amides is 1. The molecule has 1 aromatic carbocycles. The van der Waals surface area contributed by atoms with Gasteiger partial charge in [0, 0.05) is 12.7 Å². The zero-order valence-corrected chi connectivity index (χ0v) is 8.87. The zero-order valence-electron chi connectivity index (χ0n) is 8.87. The van der Waals surface area contributed by atoms with Crippen LogP contribution >= 0.6 is 0 Å². The molecule has 0 aliphatic heterocycles. The van der Waals surface area contributed by atoms with E-state index in [1.165, 1.54) is 0 Å². The van der Waals surface area contributed by atoms with Crippen LogP contribution in [-0.2, 0) is 4.79 Å². The molecular formula is C10H13N5O. The Hall–Kier alpha value is -2.24. The van der Waals surface area contributed by atoms with Gasteiger partial charge >= 0.3 is 0 Å². The quantitative estimate of drug-likeness (QED) is 0.558. The number of hydrogen-bond acceptors (Lipinski definition) is 4. The standard InChI is InChI=1S/C10H13N5O/c1-12-9(16)5-13-10-14-7-3-2-6(11)4-8(7)15-10/h2-4H,5,11H2,1H3,(H,12,16)(H2,13,14,15). The van der Waals surface area contributed by atoms with Gasteiger partial charge in [0.05, 0.1) is 17.6 Å². The van der Waals surface area contributed by atoms with Crippen molar-refractivity contribution in [3.63, 3.8) is 0 Å². The van der Waals surface area contributed by atoms with Crippen molar-refractivity contribution < 1.29 is 4.79 Å². The summed E-state index contributed by atoms with van der Waals surface area (Å²) in [4.78, 5) is 18.3. The fourth-order valence-electron chi connectivity index (χ4n) is 1.36. The molecule has 16 heavy (non-hydrogen) atoms. The molecule has 0 aliphatic rings. The summed E-state index contributed by atoms with van der Waals surface area (Å²) in [6, 6.07) is 5.41. The lowest BCUT2D eigenvalue weighted by molar-refractivity contribution is -0.118. The number of hydrogen-bond donors (Lipinski definition) is 4. The predicted molar refractivity (Wildman–Crippen MR) is 63.1 cm³/mol. The number of nitrogens with two attached hydrogens (primary N) is 1. The molecule has 6 heteroatoms. The number of likely N-dealkylation sites (N-methyl/N-ethyl adjacent to an activating group) is 1. The maximum absolute atomic E-state index is 11.0. The van der Waals surface area contributed by atoms with Crippen LogP contribution in [0.1, 0.15) is 0 Å². The molecule has 0 aliphatic carbocycles. The van der Waals surface area contributed by atoms with Crippen LogP contribution in [0.5, 0.6) is 0 Å². The first-order valence-electron chi connectivity index (χ1n) is 4.89. The minimum absolute atomic E-state index is 0.0972. The highest BCUT2D eigenvalue weighted by Gasteiger charge is 2.03. The maximum Gasteiger partial charge on any atom is 0.239 e. The van der Waals surface area contributed by atoms with Crippen molar-refractivity contribution in [3.8, 4) is 0 Å². The number of benzene rings is 1. The number of H-pyrrole nitrogens is 1. The Kier molecular flexibility index (Phi) is 2.63. The first kappa shape index (κ1) is 10.3. The molecule has 0 fully saturated rings. The highest BCUT2D eigenvalue weighted by atomic mass is 16.1. The lowest BCUT2D eigenvalue weighted by atomic mass is 10.3. The fourth-order valence-corrected chi connectivity index (χ4v) is 1.36. The van der Waals surface area contributed by atoms with Gasteiger partial charge in [-0.25, -0.2) is 4.98 Å². The van der Waals surface area contributed by atoms with Gasteiger partial charge in [0.2, 0.25) is 11.9 Å².